The van der Waals surface area contributed by atoms with E-state index in [0.717, 1.165) is 25.0 Å². The number of carbonyl (C=O) groups is 1. The predicted molar refractivity (Wildman–Crippen MR) is 68.0 cm³/mol. The number of carbonyl (C=O) groups excluding carboxylic acids is 1. The maximum Gasteiger partial charge on any atom is 0.254 e. The normalized spacial score (nSPS) is 24.9. The third-order valence-corrected chi connectivity index (χ3v) is 3.76. The second-order valence-electron chi connectivity index (χ2n) is 5.13. The SMILES string of the molecule is NNc1c(F)cc(C(=O)N2CC3CCC(C2)O3)cc1F. The molecule has 1 aromatic rings. The molecule has 2 aliphatic rings. The quantitative estimate of drug-likeness (QED) is 0.633. The molecule has 2 bridgehead atoms. The van der Waals surface area contributed by atoms with E-state index in [1.807, 2.05) is 5.43 Å². The van der Waals surface area contributed by atoms with Crippen LogP contribution in [0.25, 0.3) is 0 Å². The Balaban J connectivity index is 1.84. The summed E-state index contributed by atoms with van der Waals surface area (Å²) in [5.74, 6) is 2.88. The highest BCUT2D eigenvalue weighted by atomic mass is 19.1. The van der Waals surface area contributed by atoms with E-state index >= 15 is 0 Å². The van der Waals surface area contributed by atoms with Crippen LogP contribution < -0.4 is 11.3 Å². The first-order chi connectivity index (χ1) is 9.58. The molecule has 7 heteroatoms. The first-order valence-corrected chi connectivity index (χ1v) is 6.49. The van der Waals surface area contributed by atoms with E-state index < -0.39 is 17.3 Å². The number of halogens is 2. The Morgan fingerprint density at radius 3 is 2.30 bits per heavy atom. The van der Waals surface area contributed by atoms with Gasteiger partial charge in [0.1, 0.15) is 5.69 Å². The Morgan fingerprint density at radius 2 is 1.80 bits per heavy atom. The molecule has 0 saturated carbocycles. The van der Waals surface area contributed by atoms with Gasteiger partial charge in [0.15, 0.2) is 11.6 Å². The van der Waals surface area contributed by atoms with Crippen LogP contribution in [0.2, 0.25) is 0 Å². The lowest BCUT2D eigenvalue weighted by atomic mass is 10.1. The fraction of sp³-hybridized carbons (Fsp3) is 0.462. The molecule has 2 fully saturated rings. The number of nitrogens with zero attached hydrogens (tertiary/aromatic N) is 1. The second-order valence-corrected chi connectivity index (χ2v) is 5.13. The zero-order chi connectivity index (χ0) is 14.3. The minimum atomic E-state index is -0.882. The molecule has 5 nitrogen and oxygen atoms in total. The number of hydrogen-bond acceptors (Lipinski definition) is 4. The van der Waals surface area contributed by atoms with E-state index in [0.29, 0.717) is 13.1 Å². The highest BCUT2D eigenvalue weighted by Gasteiger charge is 2.36. The number of nitrogens with one attached hydrogen (secondary N) is 1. The number of rotatable bonds is 2. The molecule has 108 valence electrons. The summed E-state index contributed by atoms with van der Waals surface area (Å²) >= 11 is 0. The Hall–Kier alpha value is -1.73. The van der Waals surface area contributed by atoms with Crippen molar-refractivity contribution in [3.8, 4) is 0 Å². The van der Waals surface area contributed by atoms with Gasteiger partial charge in [0, 0.05) is 18.7 Å². The lowest BCUT2D eigenvalue weighted by Crippen LogP contribution is -2.45. The zero-order valence-corrected chi connectivity index (χ0v) is 10.7. The second kappa shape index (κ2) is 4.99. The minimum Gasteiger partial charge on any atom is -0.371 e. The lowest BCUT2D eigenvalue weighted by molar-refractivity contribution is -0.0303. The van der Waals surface area contributed by atoms with Crippen molar-refractivity contribution < 1.29 is 18.3 Å². The summed E-state index contributed by atoms with van der Waals surface area (Å²) in [6.07, 6.45) is 1.93. The van der Waals surface area contributed by atoms with Crippen LogP contribution in [0.1, 0.15) is 23.2 Å². The van der Waals surface area contributed by atoms with Crippen molar-refractivity contribution in [2.45, 2.75) is 25.0 Å². The maximum atomic E-state index is 13.6. The van der Waals surface area contributed by atoms with Gasteiger partial charge < -0.3 is 15.1 Å². The van der Waals surface area contributed by atoms with E-state index in [1.165, 1.54) is 0 Å². The third kappa shape index (κ3) is 2.23. The zero-order valence-electron chi connectivity index (χ0n) is 10.7. The van der Waals surface area contributed by atoms with Crippen molar-refractivity contribution in [2.24, 2.45) is 5.84 Å². The van der Waals surface area contributed by atoms with Crippen LogP contribution >= 0.6 is 0 Å². The predicted octanol–water partition coefficient (Wildman–Crippen LogP) is 1.25. The van der Waals surface area contributed by atoms with Crippen LogP contribution in [0.15, 0.2) is 12.1 Å². The van der Waals surface area contributed by atoms with E-state index in [1.54, 1.807) is 4.90 Å². The van der Waals surface area contributed by atoms with Gasteiger partial charge in [0.2, 0.25) is 0 Å². The molecule has 0 aliphatic carbocycles. The fourth-order valence-corrected chi connectivity index (χ4v) is 2.80. The van der Waals surface area contributed by atoms with Gasteiger partial charge in [-0.1, -0.05) is 0 Å². The molecule has 3 rings (SSSR count). The molecule has 0 radical (unpaired) electrons. The average Bonchev–Trinajstić information content (AvgIpc) is 2.76. The summed E-state index contributed by atoms with van der Waals surface area (Å²) in [7, 11) is 0. The van der Waals surface area contributed by atoms with Crippen molar-refractivity contribution >= 4 is 11.6 Å². The number of benzene rings is 1. The van der Waals surface area contributed by atoms with E-state index in [2.05, 4.69) is 0 Å². The van der Waals surface area contributed by atoms with Gasteiger partial charge in [0.25, 0.3) is 5.91 Å². The topological polar surface area (TPSA) is 67.6 Å². The maximum absolute atomic E-state index is 13.6. The summed E-state index contributed by atoms with van der Waals surface area (Å²) in [6.45, 7) is 0.935. The number of fused-ring (bicyclic) bond motifs is 2. The van der Waals surface area contributed by atoms with E-state index in [-0.39, 0.29) is 23.7 Å². The smallest absolute Gasteiger partial charge is 0.254 e. The fourth-order valence-electron chi connectivity index (χ4n) is 2.80. The molecule has 2 heterocycles. The summed E-state index contributed by atoms with van der Waals surface area (Å²) in [5, 5.41) is 0. The Bertz CT molecular complexity index is 517. The number of nitrogen functional groups attached to an aromatic ring is 1. The van der Waals surface area contributed by atoms with Crippen LogP contribution in [0.3, 0.4) is 0 Å². The number of likely N-dealkylation sites (tertiary alicyclic amines) is 1. The Labute approximate surface area is 114 Å². The van der Waals surface area contributed by atoms with Crippen molar-refractivity contribution in [3.05, 3.63) is 29.3 Å². The molecular weight excluding hydrogens is 268 g/mol. The number of ether oxygens (including phenoxy) is 1. The number of nitrogens with two attached hydrogens (primary N) is 1. The summed E-state index contributed by atoms with van der Waals surface area (Å²) in [4.78, 5) is 13.9. The van der Waals surface area contributed by atoms with Gasteiger partial charge in [-0.25, -0.2) is 8.78 Å². The molecule has 2 aliphatic heterocycles. The largest absolute Gasteiger partial charge is 0.371 e. The Morgan fingerprint density at radius 1 is 1.25 bits per heavy atom. The first kappa shape index (κ1) is 13.3. The number of anilines is 1. The van der Waals surface area contributed by atoms with Crippen LogP contribution in [0.4, 0.5) is 14.5 Å². The molecule has 2 unspecified atom stereocenters. The van der Waals surface area contributed by atoms with Gasteiger partial charge in [-0.2, -0.15) is 0 Å². The van der Waals surface area contributed by atoms with Crippen LogP contribution in [-0.2, 0) is 4.74 Å². The number of morpholine rings is 1. The van der Waals surface area contributed by atoms with Crippen LogP contribution in [-0.4, -0.2) is 36.1 Å². The lowest BCUT2D eigenvalue weighted by Gasteiger charge is -2.32. The number of hydrazine groups is 1. The first-order valence-electron chi connectivity index (χ1n) is 6.49. The van der Waals surface area contributed by atoms with Crippen molar-refractivity contribution in [2.75, 3.05) is 18.5 Å². The molecule has 0 aromatic heterocycles. The molecule has 20 heavy (non-hydrogen) atoms. The van der Waals surface area contributed by atoms with Gasteiger partial charge in [-0.05, 0) is 25.0 Å². The van der Waals surface area contributed by atoms with E-state index in [9.17, 15) is 13.6 Å². The van der Waals surface area contributed by atoms with Gasteiger partial charge in [0.05, 0.1) is 12.2 Å². The van der Waals surface area contributed by atoms with Gasteiger partial charge in [-0.15, -0.1) is 0 Å². The minimum absolute atomic E-state index is 0.0136. The molecule has 1 aromatic carbocycles. The van der Waals surface area contributed by atoms with Gasteiger partial charge in [-0.3, -0.25) is 10.6 Å². The number of amides is 1. The highest BCUT2D eigenvalue weighted by Crippen LogP contribution is 2.28. The average molecular weight is 283 g/mol. The van der Waals surface area contributed by atoms with Crippen molar-refractivity contribution in [3.63, 3.8) is 0 Å². The molecule has 1 amide bonds. The van der Waals surface area contributed by atoms with Gasteiger partial charge >= 0.3 is 0 Å². The third-order valence-electron chi connectivity index (χ3n) is 3.76. The standard InChI is InChI=1S/C13H15F2N3O2/c14-10-3-7(4-11(15)12(10)17-16)13(19)18-5-8-1-2-9(6-18)20-8/h3-4,8-9,17H,1-2,5-6,16H2. The highest BCUT2D eigenvalue weighted by molar-refractivity contribution is 5.94. The molecule has 2 saturated heterocycles. The monoisotopic (exact) mass is 283 g/mol. The Kier molecular flexibility index (Phi) is 3.31. The summed E-state index contributed by atoms with van der Waals surface area (Å²) < 4.78 is 32.9. The van der Waals surface area contributed by atoms with E-state index in [4.69, 9.17) is 10.6 Å². The molecule has 3 N–H and O–H groups in total. The molecule has 0 spiro atoms. The number of hydrogen-bond donors (Lipinski definition) is 2. The van der Waals surface area contributed by atoms with Crippen molar-refractivity contribution in [1.82, 2.24) is 4.90 Å². The van der Waals surface area contributed by atoms with Crippen LogP contribution in [0.5, 0.6) is 0 Å². The summed E-state index contributed by atoms with van der Waals surface area (Å²) in [6, 6.07) is 2.00. The van der Waals surface area contributed by atoms with Crippen molar-refractivity contribution in [1.29, 1.82) is 0 Å². The summed E-state index contributed by atoms with van der Waals surface area (Å²) in [5.41, 5.74) is 1.48. The van der Waals surface area contributed by atoms with Crippen LogP contribution in [0, 0.1) is 11.6 Å². The molecular formula is C13H15F2N3O2. The molecule has 2 atom stereocenters.